The van der Waals surface area contributed by atoms with Crippen LogP contribution in [-0.4, -0.2) is 0 Å². The van der Waals surface area contributed by atoms with Crippen molar-refractivity contribution in [3.05, 3.63) is 182 Å². The number of hydrogen-bond acceptors (Lipinski definition) is 0. The van der Waals surface area contributed by atoms with Gasteiger partial charge in [0.1, 0.15) is 0 Å². The molecule has 0 bridgehead atoms. The van der Waals surface area contributed by atoms with Crippen LogP contribution in [0.4, 0.5) is 0 Å². The van der Waals surface area contributed by atoms with Gasteiger partial charge in [-0.05, 0) is 116 Å². The summed E-state index contributed by atoms with van der Waals surface area (Å²) in [6.07, 6.45) is 4.22. The van der Waals surface area contributed by atoms with E-state index in [2.05, 4.69) is 203 Å². The van der Waals surface area contributed by atoms with Gasteiger partial charge in [0.2, 0.25) is 0 Å². The molecule has 0 radical (unpaired) electrons. The van der Waals surface area contributed by atoms with Gasteiger partial charge < -0.3 is 0 Å². The lowest BCUT2D eigenvalue weighted by Crippen LogP contribution is -1.90. The minimum absolute atomic E-state index is 0. The molecule has 11 rings (SSSR count). The van der Waals surface area contributed by atoms with Crippen molar-refractivity contribution in [2.24, 2.45) is 5.92 Å². The molecule has 0 nitrogen and oxygen atoms in total. The van der Waals surface area contributed by atoms with Crippen LogP contribution in [0.15, 0.2) is 182 Å². The zero-order valence-corrected chi connectivity index (χ0v) is 34.0. The van der Waals surface area contributed by atoms with Crippen molar-refractivity contribution < 1.29 is 0 Å². The van der Waals surface area contributed by atoms with Crippen LogP contribution < -0.4 is 0 Å². The molecular weight excluding hydrogens is 697 g/mol. The quantitative estimate of drug-likeness (QED) is 0.157. The summed E-state index contributed by atoms with van der Waals surface area (Å²) in [6.45, 7) is 10.5. The van der Waals surface area contributed by atoms with E-state index < -0.39 is 0 Å². The first-order chi connectivity index (χ1) is 28.1. The Kier molecular flexibility index (Phi) is 12.3. The predicted octanol–water partition coefficient (Wildman–Crippen LogP) is 18.1. The highest BCUT2D eigenvalue weighted by molar-refractivity contribution is 6.27. The lowest BCUT2D eigenvalue weighted by Gasteiger charge is -2.17. The molecule has 1 aliphatic carbocycles. The summed E-state index contributed by atoms with van der Waals surface area (Å²) in [5.74, 6) is 1.08. The summed E-state index contributed by atoms with van der Waals surface area (Å²) >= 11 is 0. The molecule has 0 heteroatoms. The van der Waals surface area contributed by atoms with Crippen LogP contribution in [0.1, 0.15) is 61.3 Å². The standard InChI is InChI=1S/C48H30.C4H8.C3H8.C2H6.CH4/c1-2-9-37-29-39(22-15-31(37)7-1)38-11-5-12-40(30-38)44-26-24-36-21-20-35-23-25-43(45-27-28-46(44)48(36)47(35)45)34-18-16-33(17-19-34)42-14-6-10-32-8-3-4-13-41(32)42;1-4-2-3-4;1-3-2;1-2;/h1-30H;4H,2-3H2,1H3;3H2,1-2H3;1-2H3;1H4. The van der Waals surface area contributed by atoms with Gasteiger partial charge in [-0.15, -0.1) is 0 Å². The van der Waals surface area contributed by atoms with E-state index in [9.17, 15) is 0 Å². The van der Waals surface area contributed by atoms with Gasteiger partial charge in [0, 0.05) is 0 Å². The van der Waals surface area contributed by atoms with Crippen LogP contribution in [0.25, 0.3) is 98.4 Å². The fraction of sp³-hybridized carbons (Fsp3) is 0.172. The molecule has 1 saturated carbocycles. The van der Waals surface area contributed by atoms with Crippen molar-refractivity contribution >= 4 is 53.9 Å². The Hall–Kier alpha value is -6.24. The fourth-order valence-electron chi connectivity index (χ4n) is 8.01. The maximum Gasteiger partial charge on any atom is -0.00203 e. The molecule has 0 unspecified atom stereocenters. The van der Waals surface area contributed by atoms with E-state index in [-0.39, 0.29) is 7.43 Å². The Labute approximate surface area is 346 Å². The molecule has 0 spiro atoms. The number of benzene rings is 10. The minimum atomic E-state index is 0. The van der Waals surface area contributed by atoms with Crippen molar-refractivity contribution in [1.29, 1.82) is 0 Å². The summed E-state index contributed by atoms with van der Waals surface area (Å²) in [7, 11) is 0. The molecule has 10 aromatic carbocycles. The molecule has 0 aliphatic heterocycles. The fourth-order valence-corrected chi connectivity index (χ4v) is 8.01. The van der Waals surface area contributed by atoms with Crippen LogP contribution in [0.2, 0.25) is 0 Å². The van der Waals surface area contributed by atoms with Gasteiger partial charge in [0.15, 0.2) is 0 Å². The highest BCUT2D eigenvalue weighted by Crippen LogP contribution is 2.43. The first kappa shape index (κ1) is 40.0. The molecule has 288 valence electrons. The highest BCUT2D eigenvalue weighted by Gasteiger charge is 2.16. The van der Waals surface area contributed by atoms with E-state index in [1.54, 1.807) is 0 Å². The van der Waals surface area contributed by atoms with Crippen LogP contribution in [0.5, 0.6) is 0 Å². The van der Waals surface area contributed by atoms with Crippen molar-refractivity contribution in [2.45, 2.75) is 61.3 Å². The average molecular weight is 753 g/mol. The van der Waals surface area contributed by atoms with Gasteiger partial charge in [0.25, 0.3) is 0 Å². The normalized spacial score (nSPS) is 11.9. The van der Waals surface area contributed by atoms with Crippen LogP contribution in [0.3, 0.4) is 0 Å². The molecule has 0 N–H and O–H groups in total. The molecule has 1 aliphatic rings. The van der Waals surface area contributed by atoms with E-state index >= 15 is 0 Å². The maximum absolute atomic E-state index is 2.35. The summed E-state index contributed by atoms with van der Waals surface area (Å²) < 4.78 is 0. The van der Waals surface area contributed by atoms with Gasteiger partial charge >= 0.3 is 0 Å². The van der Waals surface area contributed by atoms with Crippen LogP contribution in [-0.2, 0) is 0 Å². The van der Waals surface area contributed by atoms with Crippen molar-refractivity contribution in [3.8, 4) is 44.5 Å². The average Bonchev–Trinajstić information content (AvgIpc) is 4.08. The number of hydrogen-bond donors (Lipinski definition) is 0. The van der Waals surface area contributed by atoms with Gasteiger partial charge in [-0.3, -0.25) is 0 Å². The van der Waals surface area contributed by atoms with Crippen LogP contribution in [0, 0.1) is 5.92 Å². The largest absolute Gasteiger partial charge is 0.0776 e. The summed E-state index contributed by atoms with van der Waals surface area (Å²) in [6, 6.07) is 67.1. The lowest BCUT2D eigenvalue weighted by molar-refractivity contribution is 0.983. The van der Waals surface area contributed by atoms with Gasteiger partial charge in [-0.2, -0.15) is 0 Å². The second-order valence-electron chi connectivity index (χ2n) is 15.3. The third-order valence-electron chi connectivity index (χ3n) is 11.1. The Morgan fingerprint density at radius 2 is 0.776 bits per heavy atom. The zero-order chi connectivity index (χ0) is 39.3. The molecule has 58 heavy (non-hydrogen) atoms. The van der Waals surface area contributed by atoms with Gasteiger partial charge in [-0.25, -0.2) is 0 Å². The maximum atomic E-state index is 2.35. The first-order valence-electron chi connectivity index (χ1n) is 21.0. The topological polar surface area (TPSA) is 0 Å². The van der Waals surface area contributed by atoms with Crippen molar-refractivity contribution in [2.75, 3.05) is 0 Å². The lowest BCUT2D eigenvalue weighted by atomic mass is 9.86. The minimum Gasteiger partial charge on any atom is -0.0776 e. The van der Waals surface area contributed by atoms with E-state index in [0.29, 0.717) is 0 Å². The summed E-state index contributed by atoms with van der Waals surface area (Å²) in [5.41, 5.74) is 10.00. The molecule has 10 aromatic rings. The second kappa shape index (κ2) is 17.9. The molecule has 0 saturated heterocycles. The highest BCUT2D eigenvalue weighted by atomic mass is 14.2. The third-order valence-corrected chi connectivity index (χ3v) is 11.1. The third kappa shape index (κ3) is 7.98. The van der Waals surface area contributed by atoms with E-state index in [1.807, 2.05) is 13.8 Å². The Morgan fingerprint density at radius 1 is 0.362 bits per heavy atom. The van der Waals surface area contributed by atoms with Crippen molar-refractivity contribution in [3.63, 3.8) is 0 Å². The predicted molar refractivity (Wildman–Crippen MR) is 259 cm³/mol. The van der Waals surface area contributed by atoms with Crippen LogP contribution >= 0.6 is 0 Å². The Balaban J connectivity index is 0.000000466. The summed E-state index contributed by atoms with van der Waals surface area (Å²) in [5, 5.41) is 12.9. The molecule has 0 heterocycles. The van der Waals surface area contributed by atoms with Crippen molar-refractivity contribution in [1.82, 2.24) is 0 Å². The monoisotopic (exact) mass is 752 g/mol. The number of rotatable bonds is 4. The number of fused-ring (bicyclic) bond motifs is 2. The molecule has 0 amide bonds. The second-order valence-corrected chi connectivity index (χ2v) is 15.3. The van der Waals surface area contributed by atoms with E-state index in [4.69, 9.17) is 0 Å². The Morgan fingerprint density at radius 3 is 1.38 bits per heavy atom. The first-order valence-corrected chi connectivity index (χ1v) is 21.0. The zero-order valence-electron chi connectivity index (χ0n) is 34.0. The summed E-state index contributed by atoms with van der Waals surface area (Å²) in [4.78, 5) is 0. The van der Waals surface area contributed by atoms with Gasteiger partial charge in [-0.1, -0.05) is 231 Å². The van der Waals surface area contributed by atoms with E-state index in [0.717, 1.165) is 5.92 Å². The SMILES string of the molecule is C.CC.CC1CC1.CCC.c1cc(-c2ccc3ccccc3c2)cc(-c2ccc3ccc4ccc(-c5ccc(-c6cccc7ccccc67)cc5)c5ccc2c3c45)c1. The molecule has 0 atom stereocenters. The molecule has 1 fully saturated rings. The molecule has 0 aromatic heterocycles. The van der Waals surface area contributed by atoms with Gasteiger partial charge in [0.05, 0.1) is 0 Å². The van der Waals surface area contributed by atoms with E-state index in [1.165, 1.54) is 118 Å². The smallest absolute Gasteiger partial charge is 0.00203 e. The molecular formula is C58H56. The Bertz CT molecular complexity index is 2920.